The Kier molecular flexibility index (Phi) is 3.32. The van der Waals surface area contributed by atoms with Gasteiger partial charge in [-0.15, -0.1) is 0 Å². The molecule has 2 aromatic heterocycles. The number of thioether (sulfide) groups is 1. The molecule has 0 aliphatic carbocycles. The molecule has 0 saturated carbocycles. The highest BCUT2D eigenvalue weighted by Gasteiger charge is 2.17. The van der Waals surface area contributed by atoms with Crippen LogP contribution in [0.25, 0.3) is 11.5 Å². The second kappa shape index (κ2) is 4.81. The zero-order valence-electron chi connectivity index (χ0n) is 9.04. The fourth-order valence-corrected chi connectivity index (χ4v) is 3.69. The summed E-state index contributed by atoms with van der Waals surface area (Å²) in [5, 5.41) is 0.963. The lowest BCUT2D eigenvalue weighted by molar-refractivity contribution is 1.04. The van der Waals surface area contributed by atoms with Crippen LogP contribution in [0.3, 0.4) is 0 Å². The molecule has 3 rings (SSSR count). The fraction of sp³-hybridized carbons (Fsp3) is 0.182. The first-order chi connectivity index (χ1) is 8.65. The highest BCUT2D eigenvalue weighted by Crippen LogP contribution is 2.31. The van der Waals surface area contributed by atoms with Crippen LogP contribution in [0, 0.1) is 4.64 Å². The normalized spacial score (nSPS) is 13.7. The van der Waals surface area contributed by atoms with Crippen molar-refractivity contribution in [1.82, 2.24) is 15.0 Å². The summed E-state index contributed by atoms with van der Waals surface area (Å²) in [6.45, 7) is 0. The van der Waals surface area contributed by atoms with E-state index in [9.17, 15) is 0 Å². The number of rotatable bonds is 1. The number of H-pyrrole nitrogens is 1. The minimum Gasteiger partial charge on any atom is -0.341 e. The van der Waals surface area contributed by atoms with E-state index in [1.54, 1.807) is 12.3 Å². The van der Waals surface area contributed by atoms with Crippen molar-refractivity contribution in [2.24, 2.45) is 0 Å². The van der Waals surface area contributed by atoms with Crippen molar-refractivity contribution in [1.29, 1.82) is 0 Å². The molecule has 0 saturated heterocycles. The number of aromatic amines is 1. The molecule has 0 radical (unpaired) electrons. The van der Waals surface area contributed by atoms with Gasteiger partial charge in [-0.1, -0.05) is 35.4 Å². The van der Waals surface area contributed by atoms with Gasteiger partial charge in [-0.05, 0) is 6.07 Å². The molecule has 1 N–H and O–H groups in total. The lowest BCUT2D eigenvalue weighted by Crippen LogP contribution is -1.99. The Morgan fingerprint density at radius 3 is 2.94 bits per heavy atom. The highest BCUT2D eigenvalue weighted by molar-refractivity contribution is 7.98. The first-order valence-corrected chi connectivity index (χ1v) is 7.48. The van der Waals surface area contributed by atoms with Crippen LogP contribution in [0.5, 0.6) is 0 Å². The van der Waals surface area contributed by atoms with Gasteiger partial charge in [-0.3, -0.25) is 0 Å². The standard InChI is InChI=1S/C11H7Cl2N3S2/c12-5-1-7(13)9(14-2-5)10-15-8-4-18-3-6(8)11(17)16-10/h1-2H,3-4H2,(H,15,16,17). The van der Waals surface area contributed by atoms with E-state index in [1.165, 1.54) is 0 Å². The smallest absolute Gasteiger partial charge is 0.159 e. The highest BCUT2D eigenvalue weighted by atomic mass is 35.5. The summed E-state index contributed by atoms with van der Waals surface area (Å²) < 4.78 is 0.622. The van der Waals surface area contributed by atoms with E-state index in [1.807, 2.05) is 11.8 Å². The second-order valence-electron chi connectivity index (χ2n) is 3.82. The Morgan fingerprint density at radius 1 is 1.33 bits per heavy atom. The molecule has 1 aliphatic heterocycles. The van der Waals surface area contributed by atoms with Crippen molar-refractivity contribution in [3.8, 4) is 11.5 Å². The molecule has 0 atom stereocenters. The molecule has 92 valence electrons. The molecular weight excluding hydrogens is 309 g/mol. The van der Waals surface area contributed by atoms with Crippen LogP contribution in [0.1, 0.15) is 11.3 Å². The predicted octanol–water partition coefficient (Wildman–Crippen LogP) is 4.25. The van der Waals surface area contributed by atoms with Gasteiger partial charge in [0.25, 0.3) is 0 Å². The van der Waals surface area contributed by atoms with Crippen LogP contribution in [-0.2, 0) is 11.5 Å². The average molecular weight is 316 g/mol. The van der Waals surface area contributed by atoms with E-state index in [4.69, 9.17) is 35.4 Å². The van der Waals surface area contributed by atoms with Crippen LogP contribution in [-0.4, -0.2) is 15.0 Å². The Hall–Kier alpha value is -0.620. The molecule has 7 heteroatoms. The first-order valence-electron chi connectivity index (χ1n) is 5.16. The van der Waals surface area contributed by atoms with Gasteiger partial charge < -0.3 is 4.98 Å². The summed E-state index contributed by atoms with van der Waals surface area (Å²) in [5.41, 5.74) is 2.80. The third-order valence-electron chi connectivity index (χ3n) is 2.63. The molecular formula is C11H7Cl2N3S2. The van der Waals surface area contributed by atoms with Crippen molar-refractivity contribution in [2.45, 2.75) is 11.5 Å². The van der Waals surface area contributed by atoms with Gasteiger partial charge >= 0.3 is 0 Å². The Bertz CT molecular complexity index is 684. The molecule has 0 unspecified atom stereocenters. The third kappa shape index (κ3) is 2.16. The van der Waals surface area contributed by atoms with Crippen LogP contribution >= 0.6 is 47.2 Å². The van der Waals surface area contributed by atoms with Gasteiger partial charge in [0.05, 0.1) is 10.0 Å². The summed E-state index contributed by atoms with van der Waals surface area (Å²) in [7, 11) is 0. The number of hydrogen-bond donors (Lipinski definition) is 1. The topological polar surface area (TPSA) is 41.6 Å². The molecule has 1 aliphatic rings. The van der Waals surface area contributed by atoms with Crippen molar-refractivity contribution in [3.63, 3.8) is 0 Å². The Balaban J connectivity index is 2.18. The van der Waals surface area contributed by atoms with Crippen molar-refractivity contribution in [3.05, 3.63) is 38.2 Å². The largest absolute Gasteiger partial charge is 0.341 e. The van der Waals surface area contributed by atoms with E-state index in [0.717, 1.165) is 22.8 Å². The average Bonchev–Trinajstić information content (AvgIpc) is 2.77. The minimum atomic E-state index is 0.464. The first kappa shape index (κ1) is 12.4. The number of aromatic nitrogens is 3. The predicted molar refractivity (Wildman–Crippen MR) is 77.7 cm³/mol. The number of fused-ring (bicyclic) bond motifs is 1. The molecule has 0 amide bonds. The minimum absolute atomic E-state index is 0.464. The number of nitrogens with zero attached hydrogens (tertiary/aromatic N) is 2. The van der Waals surface area contributed by atoms with Crippen LogP contribution in [0.4, 0.5) is 0 Å². The fourth-order valence-electron chi connectivity index (χ4n) is 1.77. The Labute approximate surface area is 123 Å². The molecule has 0 spiro atoms. The number of hydrogen-bond acceptors (Lipinski definition) is 4. The number of nitrogens with one attached hydrogen (secondary N) is 1. The number of halogens is 2. The van der Waals surface area contributed by atoms with E-state index >= 15 is 0 Å². The lowest BCUT2D eigenvalue weighted by Gasteiger charge is -2.06. The van der Waals surface area contributed by atoms with Crippen molar-refractivity contribution < 1.29 is 0 Å². The maximum absolute atomic E-state index is 6.12. The molecule has 3 heterocycles. The quantitative estimate of drug-likeness (QED) is 0.798. The molecule has 18 heavy (non-hydrogen) atoms. The maximum atomic E-state index is 6.12. The van der Waals surface area contributed by atoms with Gasteiger partial charge in [-0.25, -0.2) is 9.97 Å². The SMILES string of the molecule is S=c1nc(-c2ncc(Cl)cc2Cl)[nH]c2c1CSC2. The second-order valence-corrected chi connectivity index (χ2v) is 6.04. The van der Waals surface area contributed by atoms with Gasteiger partial charge in [-0.2, -0.15) is 11.8 Å². The maximum Gasteiger partial charge on any atom is 0.159 e. The molecule has 0 fully saturated rings. The summed E-state index contributed by atoms with van der Waals surface area (Å²) in [6, 6.07) is 1.64. The zero-order chi connectivity index (χ0) is 12.7. The summed E-state index contributed by atoms with van der Waals surface area (Å²) in [6.07, 6.45) is 1.54. The van der Waals surface area contributed by atoms with E-state index in [2.05, 4.69) is 15.0 Å². The summed E-state index contributed by atoms with van der Waals surface area (Å²) in [4.78, 5) is 11.8. The summed E-state index contributed by atoms with van der Waals surface area (Å²) in [5.74, 6) is 2.43. The van der Waals surface area contributed by atoms with Gasteiger partial charge in [0.1, 0.15) is 10.3 Å². The molecule has 0 aromatic carbocycles. The zero-order valence-corrected chi connectivity index (χ0v) is 12.2. The van der Waals surface area contributed by atoms with Crippen LogP contribution < -0.4 is 0 Å². The lowest BCUT2D eigenvalue weighted by atomic mass is 10.2. The van der Waals surface area contributed by atoms with E-state index < -0.39 is 0 Å². The molecule has 3 nitrogen and oxygen atoms in total. The van der Waals surface area contributed by atoms with Gasteiger partial charge in [0, 0.05) is 29.0 Å². The molecule has 2 aromatic rings. The Morgan fingerprint density at radius 2 is 2.17 bits per heavy atom. The van der Waals surface area contributed by atoms with Crippen LogP contribution in [0.15, 0.2) is 12.3 Å². The number of pyridine rings is 1. The van der Waals surface area contributed by atoms with Gasteiger partial charge in [0.15, 0.2) is 5.82 Å². The molecule has 0 bridgehead atoms. The van der Waals surface area contributed by atoms with Crippen molar-refractivity contribution in [2.75, 3.05) is 0 Å². The van der Waals surface area contributed by atoms with Crippen molar-refractivity contribution >= 4 is 47.2 Å². The van der Waals surface area contributed by atoms with E-state index in [-0.39, 0.29) is 0 Å². The van der Waals surface area contributed by atoms with Gasteiger partial charge in [0.2, 0.25) is 0 Å². The van der Waals surface area contributed by atoms with Crippen LogP contribution in [0.2, 0.25) is 10.0 Å². The van der Waals surface area contributed by atoms with E-state index in [0.29, 0.717) is 26.2 Å². The third-order valence-corrected chi connectivity index (χ3v) is 4.45. The summed E-state index contributed by atoms with van der Waals surface area (Å²) >= 11 is 19.1. The monoisotopic (exact) mass is 315 g/mol.